The van der Waals surface area contributed by atoms with Crippen LogP contribution in [0.4, 0.5) is 5.69 Å². The number of nitrogens with one attached hydrogen (secondary N) is 1. The normalized spacial score (nSPS) is 11.3. The monoisotopic (exact) mass is 356 g/mol. The summed E-state index contributed by atoms with van der Waals surface area (Å²) in [5.74, 6) is -0.411. The summed E-state index contributed by atoms with van der Waals surface area (Å²) < 4.78 is 0. The van der Waals surface area contributed by atoms with Gasteiger partial charge in [0.25, 0.3) is 0 Å². The third-order valence-corrected chi connectivity index (χ3v) is 3.72. The number of rotatable bonds is 7. The maximum Gasteiger partial charge on any atom is 0.249 e. The molecule has 1 rings (SSSR count). The molecular weight excluding hydrogens is 335 g/mol. The van der Waals surface area contributed by atoms with Gasteiger partial charge in [0.15, 0.2) is 0 Å². The minimum atomic E-state index is -0.291. The molecule has 4 nitrogen and oxygen atoms in total. The molecule has 0 bridgehead atoms. The predicted molar refractivity (Wildman–Crippen MR) is 96.0 cm³/mol. The van der Waals surface area contributed by atoms with Crippen LogP contribution in [0.1, 0.15) is 33.6 Å². The highest BCUT2D eigenvalue weighted by molar-refractivity contribution is 6.36. The van der Waals surface area contributed by atoms with Gasteiger partial charge in [-0.1, -0.05) is 43.1 Å². The Morgan fingerprint density at radius 3 is 2.52 bits per heavy atom. The average Bonchev–Trinajstić information content (AvgIpc) is 2.49. The van der Waals surface area contributed by atoms with Gasteiger partial charge < -0.3 is 10.2 Å². The van der Waals surface area contributed by atoms with Crippen molar-refractivity contribution in [3.8, 4) is 0 Å². The van der Waals surface area contributed by atoms with Gasteiger partial charge >= 0.3 is 0 Å². The van der Waals surface area contributed by atoms with Crippen LogP contribution in [0.15, 0.2) is 29.8 Å². The minimum absolute atomic E-state index is 0.0134. The van der Waals surface area contributed by atoms with Crippen molar-refractivity contribution in [2.45, 2.75) is 33.6 Å². The molecule has 0 unspecified atom stereocenters. The number of amides is 2. The number of nitrogens with zero attached hydrogens (tertiary/aromatic N) is 1. The van der Waals surface area contributed by atoms with E-state index in [2.05, 4.69) is 5.32 Å². The topological polar surface area (TPSA) is 49.4 Å². The molecule has 6 heteroatoms. The van der Waals surface area contributed by atoms with Crippen molar-refractivity contribution >= 4 is 40.7 Å². The quantitative estimate of drug-likeness (QED) is 0.729. The van der Waals surface area contributed by atoms with Gasteiger partial charge in [-0.3, -0.25) is 9.59 Å². The molecular formula is C17H22Cl2N2O2. The van der Waals surface area contributed by atoms with Crippen LogP contribution in [0.2, 0.25) is 10.0 Å². The molecule has 1 aromatic rings. The second-order valence-corrected chi connectivity index (χ2v) is 6.04. The first-order valence-corrected chi connectivity index (χ1v) is 8.35. The summed E-state index contributed by atoms with van der Waals surface area (Å²) in [5, 5.41) is 3.57. The molecule has 1 aromatic carbocycles. The summed E-state index contributed by atoms with van der Waals surface area (Å²) in [7, 11) is 0. The average molecular weight is 357 g/mol. The standard InChI is InChI=1S/C17H22Cl2N2O2/c1-4-6-12(3)17(23)21(9-5-2)11-16(22)20-15-8-7-13(18)10-14(15)19/h6-8,10H,4-5,9,11H2,1-3H3,(H,20,22). The summed E-state index contributed by atoms with van der Waals surface area (Å²) in [5.41, 5.74) is 1.13. The van der Waals surface area contributed by atoms with E-state index < -0.39 is 0 Å². The molecule has 1 N–H and O–H groups in total. The molecule has 0 radical (unpaired) electrons. The number of halogens is 2. The van der Waals surface area contributed by atoms with Crippen molar-refractivity contribution in [3.63, 3.8) is 0 Å². The molecule has 0 aliphatic rings. The Balaban J connectivity index is 2.78. The molecule has 0 atom stereocenters. The number of anilines is 1. The van der Waals surface area contributed by atoms with Crippen molar-refractivity contribution in [2.24, 2.45) is 0 Å². The van der Waals surface area contributed by atoms with Crippen molar-refractivity contribution in [1.82, 2.24) is 4.90 Å². The van der Waals surface area contributed by atoms with Crippen LogP contribution in [-0.4, -0.2) is 29.8 Å². The summed E-state index contributed by atoms with van der Waals surface area (Å²) >= 11 is 11.9. The Kier molecular flexibility index (Phi) is 8.13. The van der Waals surface area contributed by atoms with E-state index in [9.17, 15) is 9.59 Å². The number of allylic oxidation sites excluding steroid dienone is 1. The first-order valence-electron chi connectivity index (χ1n) is 7.59. The Hall–Kier alpha value is -1.52. The van der Waals surface area contributed by atoms with Gasteiger partial charge in [0.05, 0.1) is 10.7 Å². The van der Waals surface area contributed by atoms with Crippen molar-refractivity contribution in [3.05, 3.63) is 39.9 Å². The minimum Gasteiger partial charge on any atom is -0.330 e. The van der Waals surface area contributed by atoms with Gasteiger partial charge in [-0.25, -0.2) is 0 Å². The summed E-state index contributed by atoms with van der Waals surface area (Å²) in [4.78, 5) is 26.1. The molecule has 0 aliphatic heterocycles. The van der Waals surface area contributed by atoms with Crippen LogP contribution in [-0.2, 0) is 9.59 Å². The number of benzene rings is 1. The number of hydrogen-bond donors (Lipinski definition) is 1. The van der Waals surface area contributed by atoms with E-state index >= 15 is 0 Å². The fourth-order valence-electron chi connectivity index (χ4n) is 2.12. The van der Waals surface area contributed by atoms with E-state index in [0.717, 1.165) is 12.8 Å². The SMILES string of the molecule is CCC=C(C)C(=O)N(CCC)CC(=O)Nc1ccc(Cl)cc1Cl. The van der Waals surface area contributed by atoms with Crippen LogP contribution < -0.4 is 5.32 Å². The Bertz CT molecular complexity index is 600. The molecule has 126 valence electrons. The zero-order valence-corrected chi connectivity index (χ0v) is 15.2. The van der Waals surface area contributed by atoms with E-state index in [1.54, 1.807) is 30.0 Å². The van der Waals surface area contributed by atoms with Gasteiger partial charge in [0.2, 0.25) is 11.8 Å². The molecule has 0 saturated carbocycles. The largest absolute Gasteiger partial charge is 0.330 e. The van der Waals surface area contributed by atoms with E-state index in [1.165, 1.54) is 0 Å². The smallest absolute Gasteiger partial charge is 0.249 e. The van der Waals surface area contributed by atoms with Gasteiger partial charge in [-0.05, 0) is 38.0 Å². The van der Waals surface area contributed by atoms with Crippen LogP contribution >= 0.6 is 23.2 Å². The molecule has 0 saturated heterocycles. The van der Waals surface area contributed by atoms with E-state index in [1.807, 2.05) is 19.9 Å². The Labute approximate surface area is 147 Å². The first kappa shape index (κ1) is 19.5. The summed E-state index contributed by atoms with van der Waals surface area (Å²) in [6.07, 6.45) is 3.42. The number of hydrogen-bond acceptors (Lipinski definition) is 2. The second-order valence-electron chi connectivity index (χ2n) is 5.19. The maximum absolute atomic E-state index is 12.4. The fourth-order valence-corrected chi connectivity index (χ4v) is 2.57. The molecule has 0 fully saturated rings. The van der Waals surface area contributed by atoms with Gasteiger partial charge in [-0.2, -0.15) is 0 Å². The van der Waals surface area contributed by atoms with Crippen molar-refractivity contribution < 1.29 is 9.59 Å². The third-order valence-electron chi connectivity index (χ3n) is 3.17. The lowest BCUT2D eigenvalue weighted by Gasteiger charge is -2.22. The fraction of sp³-hybridized carbons (Fsp3) is 0.412. The van der Waals surface area contributed by atoms with Crippen molar-refractivity contribution in [2.75, 3.05) is 18.4 Å². The van der Waals surface area contributed by atoms with E-state index in [-0.39, 0.29) is 18.4 Å². The molecule has 23 heavy (non-hydrogen) atoms. The number of carbonyl (C=O) groups excluding carboxylic acids is 2. The highest BCUT2D eigenvalue weighted by Gasteiger charge is 2.18. The molecule has 0 aliphatic carbocycles. The predicted octanol–water partition coefficient (Wildman–Crippen LogP) is 4.53. The number of carbonyl (C=O) groups is 2. The third kappa shape index (κ3) is 6.24. The lowest BCUT2D eigenvalue weighted by molar-refractivity contribution is -0.131. The Morgan fingerprint density at radius 2 is 1.96 bits per heavy atom. The van der Waals surface area contributed by atoms with Crippen LogP contribution in [0.5, 0.6) is 0 Å². The van der Waals surface area contributed by atoms with Crippen LogP contribution in [0.3, 0.4) is 0 Å². The zero-order valence-electron chi connectivity index (χ0n) is 13.7. The Morgan fingerprint density at radius 1 is 1.26 bits per heavy atom. The van der Waals surface area contributed by atoms with Gasteiger partial charge in [-0.15, -0.1) is 0 Å². The van der Waals surface area contributed by atoms with Gasteiger partial charge in [0.1, 0.15) is 6.54 Å². The molecule has 2 amide bonds. The molecule has 0 heterocycles. The maximum atomic E-state index is 12.4. The summed E-state index contributed by atoms with van der Waals surface area (Å²) in [6.45, 7) is 6.21. The van der Waals surface area contributed by atoms with Gasteiger partial charge in [0, 0.05) is 17.1 Å². The summed E-state index contributed by atoms with van der Waals surface area (Å²) in [6, 6.07) is 4.84. The highest BCUT2D eigenvalue weighted by atomic mass is 35.5. The lowest BCUT2D eigenvalue weighted by atomic mass is 10.2. The second kappa shape index (κ2) is 9.58. The lowest BCUT2D eigenvalue weighted by Crippen LogP contribution is -2.39. The van der Waals surface area contributed by atoms with Crippen LogP contribution in [0.25, 0.3) is 0 Å². The highest BCUT2D eigenvalue weighted by Crippen LogP contribution is 2.25. The molecule has 0 spiro atoms. The van der Waals surface area contributed by atoms with Crippen molar-refractivity contribution in [1.29, 1.82) is 0 Å². The first-order chi connectivity index (χ1) is 10.9. The molecule has 0 aromatic heterocycles. The van der Waals surface area contributed by atoms with E-state index in [0.29, 0.717) is 27.9 Å². The zero-order chi connectivity index (χ0) is 17.4. The van der Waals surface area contributed by atoms with Crippen LogP contribution in [0, 0.1) is 0 Å². The van der Waals surface area contributed by atoms with E-state index in [4.69, 9.17) is 23.2 Å².